The summed E-state index contributed by atoms with van der Waals surface area (Å²) in [5.74, 6) is 0. The van der Waals surface area contributed by atoms with Crippen molar-refractivity contribution in [2.45, 2.75) is 13.6 Å². The first-order chi connectivity index (χ1) is 12.0. The largest absolute Gasteiger partial charge is 0.370 e. The second-order valence-corrected chi connectivity index (χ2v) is 6.98. The van der Waals surface area contributed by atoms with Crippen LogP contribution >= 0.6 is 34.8 Å². The van der Waals surface area contributed by atoms with Crippen LogP contribution in [0.5, 0.6) is 0 Å². The van der Waals surface area contributed by atoms with Crippen molar-refractivity contribution in [1.29, 1.82) is 0 Å². The fourth-order valence-electron chi connectivity index (χ4n) is 2.56. The van der Waals surface area contributed by atoms with Crippen LogP contribution in [0.1, 0.15) is 5.69 Å². The van der Waals surface area contributed by atoms with Crippen LogP contribution in [-0.4, -0.2) is 36.1 Å². The van der Waals surface area contributed by atoms with Gasteiger partial charge in [-0.2, -0.15) is 4.68 Å². The number of hydrogen-bond acceptors (Lipinski definition) is 4. The molecule has 0 saturated carbocycles. The number of morpholine rings is 1. The molecule has 0 bridgehead atoms. The SMILES string of the molecule is Cc1[nH]n(C[NH+]2CCOCC2)c(=O)c1N=Nc1cc(Cl)c(Cl)cc1Cl. The van der Waals surface area contributed by atoms with Crippen molar-refractivity contribution in [2.75, 3.05) is 26.3 Å². The summed E-state index contributed by atoms with van der Waals surface area (Å²) in [6, 6.07) is 3.00. The molecule has 1 fully saturated rings. The van der Waals surface area contributed by atoms with Gasteiger partial charge in [-0.3, -0.25) is 9.89 Å². The maximum Gasteiger partial charge on any atom is 0.299 e. The van der Waals surface area contributed by atoms with Gasteiger partial charge < -0.3 is 9.64 Å². The van der Waals surface area contributed by atoms with Crippen LogP contribution < -0.4 is 10.5 Å². The highest BCUT2D eigenvalue weighted by molar-refractivity contribution is 6.43. The first kappa shape index (κ1) is 18.4. The highest BCUT2D eigenvalue weighted by Gasteiger charge is 2.18. The number of halogens is 3. The second kappa shape index (κ2) is 7.88. The molecule has 0 unspecified atom stereocenters. The number of ether oxygens (including phenoxy) is 1. The van der Waals surface area contributed by atoms with Crippen LogP contribution in [0.2, 0.25) is 15.1 Å². The molecule has 25 heavy (non-hydrogen) atoms. The smallest absolute Gasteiger partial charge is 0.299 e. The van der Waals surface area contributed by atoms with Gasteiger partial charge in [0.1, 0.15) is 18.8 Å². The molecule has 1 aliphatic rings. The van der Waals surface area contributed by atoms with E-state index in [0.717, 1.165) is 13.1 Å². The first-order valence-electron chi connectivity index (χ1n) is 7.72. The van der Waals surface area contributed by atoms with E-state index in [1.54, 1.807) is 11.6 Å². The van der Waals surface area contributed by atoms with Crippen molar-refractivity contribution < 1.29 is 9.64 Å². The van der Waals surface area contributed by atoms with E-state index in [4.69, 9.17) is 39.5 Å². The standard InChI is InChI=1S/C15H16Cl3N5O2/c1-9-14(20-19-13-7-11(17)10(16)6-12(13)18)15(24)23(21-9)8-22-2-4-25-5-3-22/h6-7,21H,2-5,8H2,1H3/p+1. The van der Waals surface area contributed by atoms with Crippen LogP contribution in [0, 0.1) is 6.92 Å². The Kier molecular flexibility index (Phi) is 5.81. The van der Waals surface area contributed by atoms with Crippen LogP contribution in [0.25, 0.3) is 0 Å². The highest BCUT2D eigenvalue weighted by Crippen LogP contribution is 2.34. The molecule has 1 aromatic carbocycles. The number of benzene rings is 1. The molecular formula is C15H17Cl3N5O2+. The average Bonchev–Trinajstić information content (AvgIpc) is 2.84. The van der Waals surface area contributed by atoms with Crippen molar-refractivity contribution in [1.82, 2.24) is 9.78 Å². The number of nitrogens with one attached hydrogen (secondary N) is 2. The molecule has 2 N–H and O–H groups in total. The van der Waals surface area contributed by atoms with Gasteiger partial charge in [0.2, 0.25) is 0 Å². The molecule has 3 rings (SSSR count). The Hall–Kier alpha value is -1.38. The number of aromatic amines is 1. The zero-order chi connectivity index (χ0) is 18.0. The molecule has 7 nitrogen and oxygen atoms in total. The van der Waals surface area contributed by atoms with Crippen molar-refractivity contribution >= 4 is 46.2 Å². The number of H-pyrrole nitrogens is 1. The summed E-state index contributed by atoms with van der Waals surface area (Å²) in [4.78, 5) is 13.8. The number of azo groups is 1. The van der Waals surface area contributed by atoms with E-state index in [0.29, 0.717) is 46.3 Å². The highest BCUT2D eigenvalue weighted by atomic mass is 35.5. The summed E-state index contributed by atoms with van der Waals surface area (Å²) in [5.41, 5.74) is 1.00. The first-order valence-corrected chi connectivity index (χ1v) is 8.86. The quantitative estimate of drug-likeness (QED) is 0.606. The van der Waals surface area contributed by atoms with Gasteiger partial charge in [-0.05, 0) is 19.1 Å². The van der Waals surface area contributed by atoms with Crippen molar-refractivity contribution in [2.24, 2.45) is 10.2 Å². The van der Waals surface area contributed by atoms with Gasteiger partial charge in [-0.1, -0.05) is 34.8 Å². The molecule has 0 aliphatic carbocycles. The molecule has 0 radical (unpaired) electrons. The predicted octanol–water partition coefficient (Wildman–Crippen LogP) is 2.73. The summed E-state index contributed by atoms with van der Waals surface area (Å²) >= 11 is 17.9. The molecule has 1 saturated heterocycles. The number of quaternary nitrogens is 1. The summed E-state index contributed by atoms with van der Waals surface area (Å²) in [6.45, 7) is 5.43. The minimum Gasteiger partial charge on any atom is -0.370 e. The average molecular weight is 406 g/mol. The van der Waals surface area contributed by atoms with E-state index in [9.17, 15) is 4.79 Å². The third kappa shape index (κ3) is 4.24. The summed E-state index contributed by atoms with van der Waals surface area (Å²) < 4.78 is 6.87. The predicted molar refractivity (Wildman–Crippen MR) is 97.0 cm³/mol. The van der Waals surface area contributed by atoms with Gasteiger partial charge in [0.05, 0.1) is 34.0 Å². The normalized spacial score (nSPS) is 16.0. The minimum atomic E-state index is -0.226. The third-order valence-electron chi connectivity index (χ3n) is 3.93. The monoisotopic (exact) mass is 404 g/mol. The number of rotatable bonds is 4. The lowest BCUT2D eigenvalue weighted by Gasteiger charge is -2.23. The Morgan fingerprint density at radius 1 is 1.16 bits per heavy atom. The number of aryl methyl sites for hydroxylation is 1. The zero-order valence-electron chi connectivity index (χ0n) is 13.5. The van der Waals surface area contributed by atoms with E-state index in [2.05, 4.69) is 15.3 Å². The number of aromatic nitrogens is 2. The second-order valence-electron chi connectivity index (χ2n) is 5.76. The lowest BCUT2D eigenvalue weighted by atomic mass is 10.3. The van der Waals surface area contributed by atoms with Crippen LogP contribution in [0.4, 0.5) is 11.4 Å². The van der Waals surface area contributed by atoms with E-state index in [-0.39, 0.29) is 11.2 Å². The molecule has 0 amide bonds. The molecule has 134 valence electrons. The zero-order valence-corrected chi connectivity index (χ0v) is 15.8. The number of nitrogens with zero attached hydrogens (tertiary/aromatic N) is 3. The van der Waals surface area contributed by atoms with E-state index in [1.165, 1.54) is 17.0 Å². The van der Waals surface area contributed by atoms with Gasteiger partial charge in [0, 0.05) is 0 Å². The maximum absolute atomic E-state index is 12.5. The van der Waals surface area contributed by atoms with Gasteiger partial charge in [-0.25, -0.2) is 0 Å². The molecule has 2 aromatic rings. The fourth-order valence-corrected chi connectivity index (χ4v) is 3.14. The van der Waals surface area contributed by atoms with Crippen molar-refractivity contribution in [3.8, 4) is 0 Å². The summed E-state index contributed by atoms with van der Waals surface area (Å²) in [7, 11) is 0. The van der Waals surface area contributed by atoms with Gasteiger partial charge >= 0.3 is 0 Å². The van der Waals surface area contributed by atoms with Gasteiger partial charge in [0.15, 0.2) is 12.4 Å². The van der Waals surface area contributed by atoms with Crippen LogP contribution in [-0.2, 0) is 11.4 Å². The summed E-state index contributed by atoms with van der Waals surface area (Å²) in [6.07, 6.45) is 0. The molecule has 1 aromatic heterocycles. The van der Waals surface area contributed by atoms with Crippen molar-refractivity contribution in [3.05, 3.63) is 43.2 Å². The topological polar surface area (TPSA) is 76.2 Å². The lowest BCUT2D eigenvalue weighted by Crippen LogP contribution is -3.13. The Morgan fingerprint density at radius 2 is 1.84 bits per heavy atom. The van der Waals surface area contributed by atoms with Gasteiger partial charge in [0.25, 0.3) is 5.56 Å². The molecule has 0 spiro atoms. The Morgan fingerprint density at radius 3 is 2.56 bits per heavy atom. The molecule has 10 heteroatoms. The number of hydrogen-bond donors (Lipinski definition) is 2. The Balaban J connectivity index is 1.83. The Labute approximate surface area is 159 Å². The maximum atomic E-state index is 12.5. The summed E-state index contributed by atoms with van der Waals surface area (Å²) in [5, 5.41) is 12.1. The Bertz CT molecular complexity index is 856. The molecule has 0 atom stereocenters. The van der Waals surface area contributed by atoms with E-state index in [1.807, 2.05) is 0 Å². The van der Waals surface area contributed by atoms with Crippen LogP contribution in [0.3, 0.4) is 0 Å². The molecular weight excluding hydrogens is 389 g/mol. The van der Waals surface area contributed by atoms with E-state index >= 15 is 0 Å². The van der Waals surface area contributed by atoms with Crippen LogP contribution in [0.15, 0.2) is 27.2 Å². The van der Waals surface area contributed by atoms with E-state index < -0.39 is 0 Å². The molecule has 2 heterocycles. The van der Waals surface area contributed by atoms with Crippen molar-refractivity contribution in [3.63, 3.8) is 0 Å². The molecule has 1 aliphatic heterocycles. The van der Waals surface area contributed by atoms with Gasteiger partial charge in [-0.15, -0.1) is 10.2 Å². The lowest BCUT2D eigenvalue weighted by molar-refractivity contribution is -0.931. The third-order valence-corrected chi connectivity index (χ3v) is 4.96. The minimum absolute atomic E-state index is 0.226. The fraction of sp³-hybridized carbons (Fsp3) is 0.400.